The second-order valence-electron chi connectivity index (χ2n) is 2.31. The summed E-state index contributed by atoms with van der Waals surface area (Å²) < 4.78 is 1.60. The summed E-state index contributed by atoms with van der Waals surface area (Å²) in [5.74, 6) is 0.851. The molecule has 0 atom stereocenters. The number of hydrogen-bond acceptors (Lipinski definition) is 2. The van der Waals surface area contributed by atoms with Crippen molar-refractivity contribution in [3.8, 4) is 6.19 Å². The molecule has 0 fully saturated rings. The van der Waals surface area contributed by atoms with E-state index in [1.807, 2.05) is 13.8 Å². The lowest BCUT2D eigenvalue weighted by atomic mass is 10.3. The fourth-order valence-corrected chi connectivity index (χ4v) is 1.05. The van der Waals surface area contributed by atoms with Crippen LogP contribution in [0.4, 0.5) is 0 Å². The highest BCUT2D eigenvalue weighted by atomic mass is 15.1. The number of aryl methyl sites for hydroxylation is 2. The first kappa shape index (κ1) is 7.80. The van der Waals surface area contributed by atoms with Gasteiger partial charge in [0.2, 0.25) is 0 Å². The summed E-state index contributed by atoms with van der Waals surface area (Å²) in [5, 5.41) is 8.72. The van der Waals surface area contributed by atoms with Crippen molar-refractivity contribution in [1.29, 1.82) is 5.26 Å². The Morgan fingerprint density at radius 1 is 1.55 bits per heavy atom. The van der Waals surface area contributed by atoms with Gasteiger partial charge in [0.05, 0.1) is 5.69 Å². The quantitative estimate of drug-likeness (QED) is 0.636. The van der Waals surface area contributed by atoms with Crippen LogP contribution >= 0.6 is 0 Å². The van der Waals surface area contributed by atoms with Crippen molar-refractivity contribution in [2.45, 2.75) is 26.7 Å². The van der Waals surface area contributed by atoms with Crippen LogP contribution in [-0.4, -0.2) is 9.55 Å². The van der Waals surface area contributed by atoms with Crippen molar-refractivity contribution >= 4 is 0 Å². The predicted octanol–water partition coefficient (Wildman–Crippen LogP) is 1.34. The number of nitrogens with zero attached hydrogens (tertiary/aromatic N) is 3. The maximum Gasteiger partial charge on any atom is 0.190 e. The average Bonchev–Trinajstić information content (AvgIpc) is 2.45. The van der Waals surface area contributed by atoms with Crippen LogP contribution in [0.1, 0.15) is 25.4 Å². The van der Waals surface area contributed by atoms with Gasteiger partial charge >= 0.3 is 0 Å². The molecule has 0 spiro atoms. The largest absolute Gasteiger partial charge is 0.240 e. The summed E-state index contributed by atoms with van der Waals surface area (Å²) in [4.78, 5) is 4.12. The van der Waals surface area contributed by atoms with E-state index < -0.39 is 0 Å². The molecule has 0 bridgehead atoms. The Kier molecular flexibility index (Phi) is 2.27. The summed E-state index contributed by atoms with van der Waals surface area (Å²) in [6.45, 7) is 4.01. The highest BCUT2D eigenvalue weighted by molar-refractivity contribution is 5.11. The minimum absolute atomic E-state index is 0.813. The standard InChI is InChI=1S/C8H11N3/c1-3-7-5-10-8(4-2)11(7)6-9/h5H,3-4H2,1-2H3. The van der Waals surface area contributed by atoms with Crippen LogP contribution in [0.3, 0.4) is 0 Å². The van der Waals surface area contributed by atoms with Crippen LogP contribution in [0.5, 0.6) is 0 Å². The molecular weight excluding hydrogens is 138 g/mol. The zero-order valence-electron chi connectivity index (χ0n) is 6.83. The topological polar surface area (TPSA) is 41.6 Å². The van der Waals surface area contributed by atoms with Gasteiger partial charge in [0.1, 0.15) is 5.82 Å². The number of imidazole rings is 1. The van der Waals surface area contributed by atoms with Gasteiger partial charge in [-0.1, -0.05) is 13.8 Å². The molecule has 1 heterocycles. The second-order valence-corrected chi connectivity index (χ2v) is 2.31. The fraction of sp³-hybridized carbons (Fsp3) is 0.500. The Labute approximate surface area is 66.3 Å². The van der Waals surface area contributed by atoms with Crippen molar-refractivity contribution in [3.63, 3.8) is 0 Å². The van der Waals surface area contributed by atoms with Gasteiger partial charge < -0.3 is 0 Å². The summed E-state index contributed by atoms with van der Waals surface area (Å²) in [6, 6.07) is 0. The summed E-state index contributed by atoms with van der Waals surface area (Å²) in [7, 11) is 0. The lowest BCUT2D eigenvalue weighted by molar-refractivity contribution is 0.859. The van der Waals surface area contributed by atoms with Crippen LogP contribution in [0, 0.1) is 11.5 Å². The van der Waals surface area contributed by atoms with Crippen molar-refractivity contribution < 1.29 is 0 Å². The number of nitriles is 1. The molecule has 1 aromatic heterocycles. The molecule has 0 amide bonds. The van der Waals surface area contributed by atoms with E-state index in [4.69, 9.17) is 5.26 Å². The SMILES string of the molecule is CCc1cnc(CC)n1C#N. The monoisotopic (exact) mass is 149 g/mol. The van der Waals surface area contributed by atoms with Crippen LogP contribution in [0.2, 0.25) is 0 Å². The molecule has 0 aromatic carbocycles. The summed E-state index contributed by atoms with van der Waals surface area (Å²) >= 11 is 0. The van der Waals surface area contributed by atoms with Gasteiger partial charge in [-0.3, -0.25) is 0 Å². The van der Waals surface area contributed by atoms with Crippen LogP contribution in [0.25, 0.3) is 0 Å². The Hall–Kier alpha value is -1.30. The molecule has 0 aliphatic carbocycles. The van der Waals surface area contributed by atoms with Gasteiger partial charge in [-0.15, -0.1) is 0 Å². The second kappa shape index (κ2) is 3.20. The van der Waals surface area contributed by atoms with E-state index in [1.54, 1.807) is 10.8 Å². The van der Waals surface area contributed by atoms with Crippen molar-refractivity contribution in [1.82, 2.24) is 9.55 Å². The molecule has 0 saturated heterocycles. The average molecular weight is 149 g/mol. The normalized spacial score (nSPS) is 9.55. The van der Waals surface area contributed by atoms with E-state index in [-0.39, 0.29) is 0 Å². The van der Waals surface area contributed by atoms with Crippen LogP contribution in [-0.2, 0) is 12.8 Å². The molecule has 0 N–H and O–H groups in total. The van der Waals surface area contributed by atoms with E-state index in [2.05, 4.69) is 11.2 Å². The van der Waals surface area contributed by atoms with Crippen LogP contribution in [0.15, 0.2) is 6.20 Å². The van der Waals surface area contributed by atoms with Crippen LogP contribution < -0.4 is 0 Å². The summed E-state index contributed by atoms with van der Waals surface area (Å²) in [5.41, 5.74) is 0.990. The smallest absolute Gasteiger partial charge is 0.190 e. The third-order valence-corrected chi connectivity index (χ3v) is 1.69. The Morgan fingerprint density at radius 2 is 2.27 bits per heavy atom. The maximum absolute atomic E-state index is 8.72. The first-order valence-corrected chi connectivity index (χ1v) is 3.79. The molecule has 58 valence electrons. The van der Waals surface area contributed by atoms with Gasteiger partial charge in [-0.05, 0) is 6.42 Å². The fourth-order valence-electron chi connectivity index (χ4n) is 1.05. The Morgan fingerprint density at radius 3 is 2.73 bits per heavy atom. The molecule has 0 aliphatic rings. The zero-order valence-corrected chi connectivity index (χ0v) is 6.83. The minimum Gasteiger partial charge on any atom is -0.240 e. The van der Waals surface area contributed by atoms with Gasteiger partial charge in [0, 0.05) is 12.6 Å². The first-order chi connectivity index (χ1) is 5.33. The third kappa shape index (κ3) is 1.25. The Bertz CT molecular complexity index is 259. The highest BCUT2D eigenvalue weighted by Crippen LogP contribution is 2.04. The molecule has 1 rings (SSSR count). The molecule has 0 saturated carbocycles. The molecule has 3 nitrogen and oxygen atoms in total. The zero-order chi connectivity index (χ0) is 8.27. The van der Waals surface area contributed by atoms with Gasteiger partial charge in [-0.2, -0.15) is 5.26 Å². The van der Waals surface area contributed by atoms with Gasteiger partial charge in [0.15, 0.2) is 6.19 Å². The van der Waals surface area contributed by atoms with Crippen molar-refractivity contribution in [2.75, 3.05) is 0 Å². The molecule has 0 aliphatic heterocycles. The van der Waals surface area contributed by atoms with Crippen molar-refractivity contribution in [2.24, 2.45) is 0 Å². The van der Waals surface area contributed by atoms with Gasteiger partial charge in [0.25, 0.3) is 0 Å². The molecular formula is C8H11N3. The maximum atomic E-state index is 8.72. The molecule has 0 radical (unpaired) electrons. The predicted molar refractivity (Wildman–Crippen MR) is 42.0 cm³/mol. The molecule has 1 aromatic rings. The summed E-state index contributed by atoms with van der Waals surface area (Å²) in [6.07, 6.45) is 5.54. The van der Waals surface area contributed by atoms with E-state index >= 15 is 0 Å². The molecule has 3 heteroatoms. The molecule has 11 heavy (non-hydrogen) atoms. The number of hydrogen-bond donors (Lipinski definition) is 0. The minimum atomic E-state index is 0.813. The lowest BCUT2D eigenvalue weighted by Gasteiger charge is -1.96. The van der Waals surface area contributed by atoms with E-state index in [1.165, 1.54) is 0 Å². The van der Waals surface area contributed by atoms with Gasteiger partial charge in [-0.25, -0.2) is 9.55 Å². The first-order valence-electron chi connectivity index (χ1n) is 3.79. The third-order valence-electron chi connectivity index (χ3n) is 1.69. The van der Waals surface area contributed by atoms with E-state index in [0.717, 1.165) is 24.4 Å². The molecule has 0 unspecified atom stereocenters. The Balaban J connectivity index is 3.12. The van der Waals surface area contributed by atoms with Crippen molar-refractivity contribution in [3.05, 3.63) is 17.7 Å². The number of rotatable bonds is 2. The highest BCUT2D eigenvalue weighted by Gasteiger charge is 2.04. The number of aromatic nitrogens is 2. The van der Waals surface area contributed by atoms with E-state index in [9.17, 15) is 0 Å². The van der Waals surface area contributed by atoms with E-state index in [0.29, 0.717) is 0 Å². The lowest BCUT2D eigenvalue weighted by Crippen LogP contribution is -1.99.